The first-order chi connectivity index (χ1) is 13.2. The highest BCUT2D eigenvalue weighted by Crippen LogP contribution is 2.46. The number of rotatable bonds is 5. The standard InChI is InChI=1S/C18H22F3N5O2/c1-22-15(27)17(18(19,20)21)8-9-26(11-17)16-24-23-14(25(16)2)10-12-6-4-5-7-13(12)28-3/h4-7H,8-11H2,1-3H3,(H,22,27). The van der Waals surface area contributed by atoms with Gasteiger partial charge >= 0.3 is 6.18 Å². The van der Waals surface area contributed by atoms with Crippen molar-refractivity contribution >= 4 is 11.9 Å². The molecule has 1 fully saturated rings. The van der Waals surface area contributed by atoms with E-state index in [-0.39, 0.29) is 13.0 Å². The third-order valence-electron chi connectivity index (χ3n) is 5.24. The van der Waals surface area contributed by atoms with Crippen molar-refractivity contribution in [3.63, 3.8) is 0 Å². The molecule has 1 atom stereocenters. The number of hydrogen-bond donors (Lipinski definition) is 1. The number of methoxy groups -OCH3 is 1. The normalized spacial score (nSPS) is 19.7. The molecule has 1 N–H and O–H groups in total. The second kappa shape index (κ2) is 7.33. The Morgan fingerprint density at radius 2 is 2.04 bits per heavy atom. The predicted octanol–water partition coefficient (Wildman–Crippen LogP) is 1.92. The minimum atomic E-state index is -4.65. The molecular weight excluding hydrogens is 375 g/mol. The molecular formula is C18H22F3N5O2. The number of carbonyl (C=O) groups is 1. The fourth-order valence-electron chi connectivity index (χ4n) is 3.57. The molecule has 1 aliphatic heterocycles. The zero-order valence-corrected chi connectivity index (χ0v) is 15.9. The van der Waals surface area contributed by atoms with Gasteiger partial charge in [0.25, 0.3) is 0 Å². The minimum absolute atomic E-state index is 0.0631. The van der Waals surface area contributed by atoms with E-state index >= 15 is 0 Å². The van der Waals surface area contributed by atoms with E-state index < -0.39 is 24.0 Å². The number of para-hydroxylation sites is 1. The first-order valence-electron chi connectivity index (χ1n) is 8.77. The fourth-order valence-corrected chi connectivity index (χ4v) is 3.57. The molecule has 0 bridgehead atoms. The number of amides is 1. The Morgan fingerprint density at radius 1 is 1.32 bits per heavy atom. The summed E-state index contributed by atoms with van der Waals surface area (Å²) in [5.74, 6) is 0.562. The van der Waals surface area contributed by atoms with Gasteiger partial charge in [0.05, 0.1) is 7.11 Å². The van der Waals surface area contributed by atoms with Gasteiger partial charge in [-0.3, -0.25) is 4.79 Å². The Morgan fingerprint density at radius 3 is 2.68 bits per heavy atom. The second-order valence-electron chi connectivity index (χ2n) is 6.79. The number of alkyl halides is 3. The monoisotopic (exact) mass is 397 g/mol. The van der Waals surface area contributed by atoms with Gasteiger partial charge in [-0.15, -0.1) is 10.2 Å². The van der Waals surface area contributed by atoms with Crippen LogP contribution in [-0.2, 0) is 18.3 Å². The maximum Gasteiger partial charge on any atom is 0.404 e. The Hall–Kier alpha value is -2.78. The third-order valence-corrected chi connectivity index (χ3v) is 5.24. The van der Waals surface area contributed by atoms with Gasteiger partial charge in [-0.2, -0.15) is 13.2 Å². The summed E-state index contributed by atoms with van der Waals surface area (Å²) in [6, 6.07) is 7.44. The number of ether oxygens (including phenoxy) is 1. The quantitative estimate of drug-likeness (QED) is 0.835. The highest BCUT2D eigenvalue weighted by Gasteiger charge is 2.63. The Labute approximate surface area is 160 Å². The van der Waals surface area contributed by atoms with Gasteiger partial charge in [0.1, 0.15) is 11.6 Å². The van der Waals surface area contributed by atoms with Crippen LogP contribution in [0.2, 0.25) is 0 Å². The summed E-state index contributed by atoms with van der Waals surface area (Å²) in [4.78, 5) is 13.5. The molecule has 2 aromatic rings. The fraction of sp³-hybridized carbons (Fsp3) is 0.500. The van der Waals surface area contributed by atoms with Crippen molar-refractivity contribution in [3.8, 4) is 5.75 Å². The molecule has 0 saturated carbocycles. The summed E-state index contributed by atoms with van der Waals surface area (Å²) in [5, 5.41) is 10.4. The molecule has 152 valence electrons. The molecule has 10 heteroatoms. The minimum Gasteiger partial charge on any atom is -0.496 e. The first-order valence-corrected chi connectivity index (χ1v) is 8.77. The number of aromatic nitrogens is 3. The van der Waals surface area contributed by atoms with Gasteiger partial charge in [0.15, 0.2) is 5.41 Å². The van der Waals surface area contributed by atoms with Crippen LogP contribution in [0.15, 0.2) is 24.3 Å². The summed E-state index contributed by atoms with van der Waals surface area (Å²) < 4.78 is 48.0. The molecule has 2 heterocycles. The largest absolute Gasteiger partial charge is 0.496 e. The van der Waals surface area contributed by atoms with Crippen molar-refractivity contribution in [2.24, 2.45) is 12.5 Å². The maximum absolute atomic E-state index is 13.7. The average molecular weight is 397 g/mol. The number of nitrogens with one attached hydrogen (secondary N) is 1. The van der Waals surface area contributed by atoms with Crippen LogP contribution >= 0.6 is 0 Å². The molecule has 1 saturated heterocycles. The molecule has 1 aromatic carbocycles. The molecule has 1 aromatic heterocycles. The molecule has 3 rings (SSSR count). The Balaban J connectivity index is 1.86. The summed E-state index contributed by atoms with van der Waals surface area (Å²) >= 11 is 0. The summed E-state index contributed by atoms with van der Waals surface area (Å²) in [6.45, 7) is -0.426. The van der Waals surface area contributed by atoms with Gasteiger partial charge in [-0.1, -0.05) is 18.2 Å². The van der Waals surface area contributed by atoms with Crippen LogP contribution in [-0.4, -0.2) is 54.1 Å². The molecule has 7 nitrogen and oxygen atoms in total. The lowest BCUT2D eigenvalue weighted by Gasteiger charge is -2.29. The molecule has 1 aliphatic rings. The van der Waals surface area contributed by atoms with Crippen molar-refractivity contribution in [1.82, 2.24) is 20.1 Å². The molecule has 1 amide bonds. The molecule has 0 spiro atoms. The topological polar surface area (TPSA) is 72.3 Å². The Kier molecular flexibility index (Phi) is 5.22. The zero-order chi connectivity index (χ0) is 20.5. The van der Waals surface area contributed by atoms with Crippen LogP contribution in [0.1, 0.15) is 17.8 Å². The van der Waals surface area contributed by atoms with E-state index in [0.29, 0.717) is 23.9 Å². The van der Waals surface area contributed by atoms with E-state index in [1.165, 1.54) is 11.9 Å². The van der Waals surface area contributed by atoms with Crippen molar-refractivity contribution in [2.75, 3.05) is 32.1 Å². The van der Waals surface area contributed by atoms with Crippen LogP contribution in [0.5, 0.6) is 5.75 Å². The van der Waals surface area contributed by atoms with E-state index in [2.05, 4.69) is 15.5 Å². The van der Waals surface area contributed by atoms with E-state index in [0.717, 1.165) is 5.56 Å². The van der Waals surface area contributed by atoms with Crippen molar-refractivity contribution in [2.45, 2.75) is 19.0 Å². The van der Waals surface area contributed by atoms with Crippen LogP contribution in [0, 0.1) is 5.41 Å². The predicted molar refractivity (Wildman–Crippen MR) is 96.2 cm³/mol. The molecule has 28 heavy (non-hydrogen) atoms. The molecule has 0 radical (unpaired) electrons. The van der Waals surface area contributed by atoms with Crippen molar-refractivity contribution < 1.29 is 22.7 Å². The smallest absolute Gasteiger partial charge is 0.404 e. The lowest BCUT2D eigenvalue weighted by Crippen LogP contribution is -2.51. The number of carbonyl (C=O) groups excluding carboxylic acids is 1. The molecule has 1 unspecified atom stereocenters. The van der Waals surface area contributed by atoms with Crippen LogP contribution in [0.25, 0.3) is 0 Å². The van der Waals surface area contributed by atoms with Gasteiger partial charge in [-0.25, -0.2) is 0 Å². The maximum atomic E-state index is 13.7. The Bertz CT molecular complexity index is 867. The van der Waals surface area contributed by atoms with Gasteiger partial charge < -0.3 is 19.5 Å². The number of hydrogen-bond acceptors (Lipinski definition) is 5. The summed E-state index contributed by atoms with van der Waals surface area (Å²) in [5.41, 5.74) is -1.56. The number of nitrogens with zero attached hydrogens (tertiary/aromatic N) is 4. The van der Waals surface area contributed by atoms with Crippen molar-refractivity contribution in [3.05, 3.63) is 35.7 Å². The van der Waals surface area contributed by atoms with Crippen LogP contribution in [0.4, 0.5) is 19.1 Å². The highest BCUT2D eigenvalue weighted by atomic mass is 19.4. The number of anilines is 1. The van der Waals surface area contributed by atoms with E-state index in [1.54, 1.807) is 18.7 Å². The lowest BCUT2D eigenvalue weighted by molar-refractivity contribution is -0.215. The SMILES string of the molecule is CNC(=O)C1(C(F)(F)F)CCN(c2nnc(Cc3ccccc3OC)n2C)C1. The second-order valence-corrected chi connectivity index (χ2v) is 6.79. The van der Waals surface area contributed by atoms with E-state index in [1.807, 2.05) is 24.3 Å². The highest BCUT2D eigenvalue weighted by molar-refractivity contribution is 5.84. The average Bonchev–Trinajstić information content (AvgIpc) is 3.26. The van der Waals surface area contributed by atoms with Crippen molar-refractivity contribution in [1.29, 1.82) is 0 Å². The van der Waals surface area contributed by atoms with Gasteiger partial charge in [0.2, 0.25) is 11.9 Å². The third kappa shape index (κ3) is 3.27. The van der Waals surface area contributed by atoms with Gasteiger partial charge in [-0.05, 0) is 12.5 Å². The number of benzene rings is 1. The number of halogens is 3. The van der Waals surface area contributed by atoms with E-state index in [9.17, 15) is 18.0 Å². The summed E-state index contributed by atoms with van der Waals surface area (Å²) in [7, 11) is 4.49. The van der Waals surface area contributed by atoms with Gasteiger partial charge in [0, 0.05) is 39.2 Å². The zero-order valence-electron chi connectivity index (χ0n) is 15.9. The van der Waals surface area contributed by atoms with Crippen LogP contribution < -0.4 is 15.0 Å². The van der Waals surface area contributed by atoms with E-state index in [4.69, 9.17) is 4.74 Å². The van der Waals surface area contributed by atoms with Crippen LogP contribution in [0.3, 0.4) is 0 Å². The first kappa shape index (κ1) is 20.0. The lowest BCUT2D eigenvalue weighted by atomic mass is 9.85. The summed E-state index contributed by atoms with van der Waals surface area (Å²) in [6.07, 6.45) is -4.56. The molecule has 0 aliphatic carbocycles.